The Labute approximate surface area is 224 Å². The van der Waals surface area contributed by atoms with Crippen LogP contribution in [-0.4, -0.2) is 58.3 Å². The van der Waals surface area contributed by atoms with Gasteiger partial charge in [-0.1, -0.05) is 11.3 Å². The van der Waals surface area contributed by atoms with Crippen molar-refractivity contribution in [3.63, 3.8) is 0 Å². The highest BCUT2D eigenvalue weighted by Gasteiger charge is 2.48. The van der Waals surface area contributed by atoms with Gasteiger partial charge in [0.1, 0.15) is 6.04 Å². The summed E-state index contributed by atoms with van der Waals surface area (Å²) in [5.74, 6) is -6.03. The Kier molecular flexibility index (Phi) is 6.74. The number of ether oxygens (including phenoxy) is 2. The molecule has 0 saturated carbocycles. The first-order valence-electron chi connectivity index (χ1n) is 11.7. The van der Waals surface area contributed by atoms with Crippen molar-refractivity contribution in [1.82, 2.24) is 14.9 Å². The molecule has 4 heterocycles. The third kappa shape index (κ3) is 5.32. The standard InChI is InChI=1S/C23H20F7N5O4S/c1-9(18(36)34-20-33-13-5-14-15(6-16(13)40-20)39-23(29,30)38-14)35-3-2-21(24,25)12(8-35)10-4-11(19(37)32-7-10)17(31)22(26,27)28/h4-7,9,12,17H,2-3,8,31H2,1H3,(H,32,37)(H,33,34,36)/t9-,12-,17-/m0/s1. The van der Waals surface area contributed by atoms with E-state index >= 15 is 0 Å². The number of alkyl halides is 7. The van der Waals surface area contributed by atoms with E-state index in [9.17, 15) is 40.3 Å². The first-order valence-corrected chi connectivity index (χ1v) is 12.5. The summed E-state index contributed by atoms with van der Waals surface area (Å²) in [6.07, 6.45) is -8.55. The van der Waals surface area contributed by atoms with Crippen molar-refractivity contribution in [3.8, 4) is 11.5 Å². The van der Waals surface area contributed by atoms with E-state index in [-0.39, 0.29) is 34.3 Å². The minimum absolute atomic E-state index is 0.104. The molecule has 1 fully saturated rings. The highest BCUT2D eigenvalue weighted by atomic mass is 32.1. The number of nitrogens with zero attached hydrogens (tertiary/aromatic N) is 2. The summed E-state index contributed by atoms with van der Waals surface area (Å²) in [4.78, 5) is 32.6. The number of carbonyl (C=O) groups excluding carboxylic acids is 1. The molecule has 0 radical (unpaired) electrons. The fourth-order valence-electron chi connectivity index (χ4n) is 4.56. The Hall–Kier alpha value is -3.44. The molecular weight excluding hydrogens is 575 g/mol. The molecule has 216 valence electrons. The first kappa shape index (κ1) is 28.1. The van der Waals surface area contributed by atoms with E-state index in [1.54, 1.807) is 0 Å². The molecule has 5 rings (SSSR count). The molecule has 2 aliphatic rings. The predicted octanol–water partition coefficient (Wildman–Crippen LogP) is 4.32. The number of hydrogen-bond acceptors (Lipinski definition) is 8. The van der Waals surface area contributed by atoms with Gasteiger partial charge in [-0.2, -0.15) is 13.2 Å². The molecule has 1 amide bonds. The summed E-state index contributed by atoms with van der Waals surface area (Å²) in [6, 6.07) is -0.407. The molecule has 0 aliphatic carbocycles. The van der Waals surface area contributed by atoms with Crippen LogP contribution in [0.3, 0.4) is 0 Å². The number of pyridine rings is 1. The van der Waals surface area contributed by atoms with Gasteiger partial charge < -0.3 is 25.5 Å². The zero-order valence-electron chi connectivity index (χ0n) is 20.3. The lowest BCUT2D eigenvalue weighted by atomic mass is 9.86. The maximum Gasteiger partial charge on any atom is 0.586 e. The van der Waals surface area contributed by atoms with E-state index in [0.29, 0.717) is 4.70 Å². The second kappa shape index (κ2) is 9.59. The Balaban J connectivity index is 1.32. The normalized spacial score (nSPS) is 21.8. The van der Waals surface area contributed by atoms with Crippen LogP contribution in [0.4, 0.5) is 35.9 Å². The number of H-pyrrole nitrogens is 1. The number of aromatic nitrogens is 2. The number of rotatable bonds is 5. The third-order valence-corrected chi connectivity index (χ3v) is 7.71. The van der Waals surface area contributed by atoms with E-state index in [1.807, 2.05) is 0 Å². The molecule has 40 heavy (non-hydrogen) atoms. The first-order chi connectivity index (χ1) is 18.5. The van der Waals surface area contributed by atoms with Crippen LogP contribution in [-0.2, 0) is 4.79 Å². The summed E-state index contributed by atoms with van der Waals surface area (Å²) < 4.78 is 105. The Morgan fingerprint density at radius 3 is 2.58 bits per heavy atom. The van der Waals surface area contributed by atoms with Crippen molar-refractivity contribution in [1.29, 1.82) is 0 Å². The average Bonchev–Trinajstić information content (AvgIpc) is 3.37. The summed E-state index contributed by atoms with van der Waals surface area (Å²) in [5, 5.41) is 2.67. The van der Waals surface area contributed by atoms with Crippen LogP contribution in [0.2, 0.25) is 0 Å². The minimum Gasteiger partial charge on any atom is -0.395 e. The number of nitrogens with two attached hydrogens (primary N) is 1. The van der Waals surface area contributed by atoms with E-state index < -0.39 is 66.4 Å². The van der Waals surface area contributed by atoms with Gasteiger partial charge in [0.25, 0.3) is 11.5 Å². The van der Waals surface area contributed by atoms with Crippen LogP contribution in [0.15, 0.2) is 29.2 Å². The number of benzene rings is 1. The number of halogens is 7. The number of thiazole rings is 1. The second-order valence-corrected chi connectivity index (χ2v) is 10.4. The highest BCUT2D eigenvalue weighted by Crippen LogP contribution is 2.45. The number of likely N-dealkylation sites (tertiary alicyclic amines) is 1. The Morgan fingerprint density at radius 1 is 1.23 bits per heavy atom. The van der Waals surface area contributed by atoms with Gasteiger partial charge in [-0.25, -0.2) is 13.8 Å². The Morgan fingerprint density at radius 2 is 1.90 bits per heavy atom. The third-order valence-electron chi connectivity index (χ3n) is 6.77. The molecular formula is C23H20F7N5O4S. The van der Waals surface area contributed by atoms with Gasteiger partial charge in [-0.05, 0) is 18.6 Å². The fourth-order valence-corrected chi connectivity index (χ4v) is 5.44. The van der Waals surface area contributed by atoms with Crippen LogP contribution in [0.25, 0.3) is 10.2 Å². The topological polar surface area (TPSA) is 123 Å². The van der Waals surface area contributed by atoms with Gasteiger partial charge in [0, 0.05) is 43.4 Å². The predicted molar refractivity (Wildman–Crippen MR) is 128 cm³/mol. The maximum absolute atomic E-state index is 14.9. The lowest BCUT2D eigenvalue weighted by Gasteiger charge is -2.40. The molecule has 9 nitrogen and oxygen atoms in total. The average molecular weight is 595 g/mol. The minimum atomic E-state index is -4.97. The summed E-state index contributed by atoms with van der Waals surface area (Å²) in [6.45, 7) is 0.842. The number of piperidine rings is 1. The number of anilines is 1. The van der Waals surface area contributed by atoms with Crippen LogP contribution in [0, 0.1) is 0 Å². The van der Waals surface area contributed by atoms with Gasteiger partial charge in [-0.15, -0.1) is 8.78 Å². The van der Waals surface area contributed by atoms with Crippen molar-refractivity contribution in [2.45, 2.75) is 49.7 Å². The SMILES string of the molecule is C[C@@H](C(=O)Nc1nc2cc3c(cc2s1)OC(F)(F)O3)N1CCC(F)(F)[C@H](c2c[nH]c(=O)c([C@H](N)C(F)(F)F)c2)C1. The van der Waals surface area contributed by atoms with E-state index in [1.165, 1.54) is 24.0 Å². The van der Waals surface area contributed by atoms with Gasteiger partial charge in [0.05, 0.1) is 22.2 Å². The molecule has 2 aliphatic heterocycles. The largest absolute Gasteiger partial charge is 0.586 e. The summed E-state index contributed by atoms with van der Waals surface area (Å²) in [5.41, 5.74) is 3.09. The maximum atomic E-state index is 14.9. The van der Waals surface area contributed by atoms with Gasteiger partial charge >= 0.3 is 12.5 Å². The molecule has 17 heteroatoms. The zero-order chi connectivity index (χ0) is 29.2. The van der Waals surface area contributed by atoms with Crippen molar-refractivity contribution < 1.29 is 45.0 Å². The van der Waals surface area contributed by atoms with Gasteiger partial charge in [0.15, 0.2) is 16.6 Å². The van der Waals surface area contributed by atoms with Gasteiger partial charge in [-0.3, -0.25) is 14.5 Å². The molecule has 1 saturated heterocycles. The number of carbonyl (C=O) groups is 1. The smallest absolute Gasteiger partial charge is 0.395 e. The fraction of sp³-hybridized carbons (Fsp3) is 0.435. The van der Waals surface area contributed by atoms with E-state index in [2.05, 4.69) is 24.8 Å². The molecule has 3 aromatic rings. The number of amides is 1. The molecule has 2 aromatic heterocycles. The van der Waals surface area contributed by atoms with Crippen LogP contribution in [0.5, 0.6) is 11.5 Å². The molecule has 1 aromatic carbocycles. The number of fused-ring (bicyclic) bond motifs is 2. The molecule has 0 bridgehead atoms. The number of aromatic amines is 1. The quantitative estimate of drug-likeness (QED) is 0.376. The lowest BCUT2D eigenvalue weighted by molar-refractivity contribution is -0.286. The van der Waals surface area contributed by atoms with Gasteiger partial charge in [0.2, 0.25) is 5.91 Å². The van der Waals surface area contributed by atoms with Crippen LogP contribution >= 0.6 is 11.3 Å². The van der Waals surface area contributed by atoms with Crippen molar-refractivity contribution in [2.24, 2.45) is 5.73 Å². The van der Waals surface area contributed by atoms with Crippen LogP contribution < -0.4 is 26.1 Å². The number of hydrogen-bond donors (Lipinski definition) is 3. The van der Waals surface area contributed by atoms with E-state index in [0.717, 1.165) is 23.6 Å². The van der Waals surface area contributed by atoms with Crippen molar-refractivity contribution in [3.05, 3.63) is 45.9 Å². The highest BCUT2D eigenvalue weighted by molar-refractivity contribution is 7.22. The zero-order valence-corrected chi connectivity index (χ0v) is 21.1. The monoisotopic (exact) mass is 595 g/mol. The summed E-state index contributed by atoms with van der Waals surface area (Å²) >= 11 is 0.961. The molecule has 0 spiro atoms. The van der Waals surface area contributed by atoms with Crippen molar-refractivity contribution >= 4 is 32.6 Å². The Bertz CT molecular complexity index is 1480. The van der Waals surface area contributed by atoms with E-state index in [4.69, 9.17) is 5.73 Å². The summed E-state index contributed by atoms with van der Waals surface area (Å²) in [7, 11) is 0. The van der Waals surface area contributed by atoms with Crippen LogP contribution in [0.1, 0.15) is 36.4 Å². The number of nitrogens with one attached hydrogen (secondary N) is 2. The molecule has 0 unspecified atom stereocenters. The second-order valence-electron chi connectivity index (χ2n) is 9.41. The molecule has 3 atom stereocenters. The molecule has 4 N–H and O–H groups in total. The van der Waals surface area contributed by atoms with Crippen molar-refractivity contribution in [2.75, 3.05) is 18.4 Å². The lowest BCUT2D eigenvalue weighted by Crippen LogP contribution is -2.52.